The summed E-state index contributed by atoms with van der Waals surface area (Å²) in [6.07, 6.45) is 4.45. The number of benzene rings is 2. The van der Waals surface area contributed by atoms with Gasteiger partial charge in [-0.25, -0.2) is 9.49 Å². The highest BCUT2D eigenvalue weighted by Crippen LogP contribution is 2.35. The standard InChI is InChI=1S/C22H22FN3O2/c23-16-11-9-15(10-12-16)21(14-5-1-2-6-14)24-20(27)13-19-17-7-3-4-8-18(17)22(28)26-25-19/h3-4,7-12,14,21H,1-2,5-6,13H2,(H,24,27)(H,26,28). The van der Waals surface area contributed by atoms with Crippen molar-refractivity contribution < 1.29 is 9.18 Å². The molecule has 1 amide bonds. The summed E-state index contributed by atoms with van der Waals surface area (Å²) >= 11 is 0. The molecule has 0 aliphatic heterocycles. The third-order valence-corrected chi connectivity index (χ3v) is 5.52. The smallest absolute Gasteiger partial charge is 0.272 e. The summed E-state index contributed by atoms with van der Waals surface area (Å²) in [6.45, 7) is 0. The number of aromatic nitrogens is 2. The Kier molecular flexibility index (Phi) is 5.19. The Morgan fingerprint density at radius 3 is 2.50 bits per heavy atom. The van der Waals surface area contributed by atoms with Gasteiger partial charge in [-0.2, -0.15) is 5.10 Å². The first-order chi connectivity index (χ1) is 13.6. The van der Waals surface area contributed by atoms with E-state index in [0.717, 1.165) is 31.2 Å². The molecule has 2 aromatic carbocycles. The lowest BCUT2D eigenvalue weighted by Crippen LogP contribution is -2.34. The molecule has 28 heavy (non-hydrogen) atoms. The van der Waals surface area contributed by atoms with Crippen LogP contribution in [0.2, 0.25) is 0 Å². The minimum absolute atomic E-state index is 0.0711. The molecule has 1 heterocycles. The minimum Gasteiger partial charge on any atom is -0.349 e. The van der Waals surface area contributed by atoms with Gasteiger partial charge in [0.05, 0.1) is 23.5 Å². The lowest BCUT2D eigenvalue weighted by molar-refractivity contribution is -0.121. The van der Waals surface area contributed by atoms with Crippen LogP contribution >= 0.6 is 0 Å². The predicted molar refractivity (Wildman–Crippen MR) is 105 cm³/mol. The number of aromatic amines is 1. The molecule has 1 saturated carbocycles. The van der Waals surface area contributed by atoms with Crippen LogP contribution in [0.25, 0.3) is 10.8 Å². The van der Waals surface area contributed by atoms with E-state index in [1.54, 1.807) is 30.3 Å². The van der Waals surface area contributed by atoms with Gasteiger partial charge in [-0.3, -0.25) is 9.59 Å². The van der Waals surface area contributed by atoms with Crippen molar-refractivity contribution in [1.82, 2.24) is 15.5 Å². The van der Waals surface area contributed by atoms with Gasteiger partial charge < -0.3 is 5.32 Å². The summed E-state index contributed by atoms with van der Waals surface area (Å²) in [6, 6.07) is 13.3. The van der Waals surface area contributed by atoms with Crippen molar-refractivity contribution >= 4 is 16.7 Å². The van der Waals surface area contributed by atoms with Crippen LogP contribution in [-0.4, -0.2) is 16.1 Å². The molecule has 4 rings (SSSR count). The lowest BCUT2D eigenvalue weighted by atomic mass is 9.91. The Hall–Kier alpha value is -3.02. The third kappa shape index (κ3) is 3.81. The second kappa shape index (κ2) is 7.92. The molecule has 0 saturated heterocycles. The number of carbonyl (C=O) groups is 1. The van der Waals surface area contributed by atoms with Crippen molar-refractivity contribution in [3.05, 3.63) is 76.0 Å². The second-order valence-electron chi connectivity index (χ2n) is 7.36. The monoisotopic (exact) mass is 379 g/mol. The zero-order valence-electron chi connectivity index (χ0n) is 15.5. The average molecular weight is 379 g/mol. The van der Waals surface area contributed by atoms with Crippen LogP contribution in [0.1, 0.15) is 43.0 Å². The van der Waals surface area contributed by atoms with Gasteiger partial charge in [0.1, 0.15) is 5.82 Å². The number of nitrogens with one attached hydrogen (secondary N) is 2. The fraction of sp³-hybridized carbons (Fsp3) is 0.318. The van der Waals surface area contributed by atoms with Crippen LogP contribution in [0.3, 0.4) is 0 Å². The molecule has 0 radical (unpaired) electrons. The number of rotatable bonds is 5. The Morgan fingerprint density at radius 2 is 1.79 bits per heavy atom. The van der Waals surface area contributed by atoms with E-state index in [2.05, 4.69) is 15.5 Å². The molecule has 1 fully saturated rings. The molecule has 1 aliphatic carbocycles. The van der Waals surface area contributed by atoms with Crippen LogP contribution in [-0.2, 0) is 11.2 Å². The van der Waals surface area contributed by atoms with Gasteiger partial charge in [-0.1, -0.05) is 43.2 Å². The first-order valence-corrected chi connectivity index (χ1v) is 9.63. The topological polar surface area (TPSA) is 74.8 Å². The highest BCUT2D eigenvalue weighted by molar-refractivity contribution is 5.88. The van der Waals surface area contributed by atoms with E-state index in [-0.39, 0.29) is 29.7 Å². The Labute approximate surface area is 162 Å². The maximum Gasteiger partial charge on any atom is 0.272 e. The highest BCUT2D eigenvalue weighted by atomic mass is 19.1. The van der Waals surface area contributed by atoms with Gasteiger partial charge >= 0.3 is 0 Å². The Morgan fingerprint density at radius 1 is 1.11 bits per heavy atom. The predicted octanol–water partition coefficient (Wildman–Crippen LogP) is 3.65. The van der Waals surface area contributed by atoms with Crippen LogP contribution in [0, 0.1) is 11.7 Å². The van der Waals surface area contributed by atoms with E-state index in [9.17, 15) is 14.0 Å². The number of hydrogen-bond acceptors (Lipinski definition) is 3. The van der Waals surface area contributed by atoms with Gasteiger partial charge in [0.15, 0.2) is 0 Å². The molecular formula is C22H22FN3O2. The quantitative estimate of drug-likeness (QED) is 0.711. The van der Waals surface area contributed by atoms with Gasteiger partial charge in [0.25, 0.3) is 5.56 Å². The third-order valence-electron chi connectivity index (χ3n) is 5.52. The van der Waals surface area contributed by atoms with Crippen LogP contribution in [0.4, 0.5) is 4.39 Å². The minimum atomic E-state index is -0.288. The largest absolute Gasteiger partial charge is 0.349 e. The highest BCUT2D eigenvalue weighted by Gasteiger charge is 2.28. The fourth-order valence-corrected chi connectivity index (χ4v) is 4.12. The van der Waals surface area contributed by atoms with E-state index in [1.165, 1.54) is 12.1 Å². The normalized spacial score (nSPS) is 15.6. The Balaban J connectivity index is 1.57. The Bertz CT molecular complexity index is 1040. The van der Waals surface area contributed by atoms with E-state index < -0.39 is 0 Å². The summed E-state index contributed by atoms with van der Waals surface area (Å²) in [5.74, 6) is -0.107. The molecule has 1 atom stereocenters. The molecule has 0 spiro atoms. The van der Waals surface area contributed by atoms with Crippen molar-refractivity contribution in [1.29, 1.82) is 0 Å². The summed E-state index contributed by atoms with van der Waals surface area (Å²) < 4.78 is 13.3. The van der Waals surface area contributed by atoms with Crippen molar-refractivity contribution in [2.45, 2.75) is 38.1 Å². The number of H-pyrrole nitrogens is 1. The summed E-state index contributed by atoms with van der Waals surface area (Å²) in [4.78, 5) is 24.8. The van der Waals surface area contributed by atoms with Crippen molar-refractivity contribution in [2.24, 2.45) is 5.92 Å². The molecule has 1 aromatic heterocycles. The fourth-order valence-electron chi connectivity index (χ4n) is 4.12. The molecule has 6 heteroatoms. The number of halogens is 1. The second-order valence-corrected chi connectivity index (χ2v) is 7.36. The molecular weight excluding hydrogens is 357 g/mol. The number of hydrogen-bond donors (Lipinski definition) is 2. The first-order valence-electron chi connectivity index (χ1n) is 9.63. The maximum absolute atomic E-state index is 13.3. The van der Waals surface area contributed by atoms with Crippen LogP contribution < -0.4 is 10.9 Å². The van der Waals surface area contributed by atoms with Crippen LogP contribution in [0.15, 0.2) is 53.3 Å². The molecule has 1 unspecified atom stereocenters. The first kappa shape index (κ1) is 18.3. The van der Waals surface area contributed by atoms with Gasteiger partial charge in [-0.15, -0.1) is 0 Å². The zero-order valence-corrected chi connectivity index (χ0v) is 15.5. The molecule has 5 nitrogen and oxygen atoms in total. The lowest BCUT2D eigenvalue weighted by Gasteiger charge is -2.25. The van der Waals surface area contributed by atoms with Crippen molar-refractivity contribution in [2.75, 3.05) is 0 Å². The van der Waals surface area contributed by atoms with E-state index in [0.29, 0.717) is 22.4 Å². The maximum atomic E-state index is 13.3. The molecule has 3 aromatic rings. The molecule has 1 aliphatic rings. The summed E-state index contributed by atoms with van der Waals surface area (Å²) in [7, 11) is 0. The molecule has 2 N–H and O–H groups in total. The number of carbonyl (C=O) groups excluding carboxylic acids is 1. The van der Waals surface area contributed by atoms with Crippen molar-refractivity contribution in [3.8, 4) is 0 Å². The summed E-state index contributed by atoms with van der Waals surface area (Å²) in [5, 5.41) is 10.9. The average Bonchev–Trinajstić information content (AvgIpc) is 3.24. The van der Waals surface area contributed by atoms with E-state index in [1.807, 2.05) is 6.07 Å². The summed E-state index contributed by atoms with van der Waals surface area (Å²) in [5.41, 5.74) is 1.19. The SMILES string of the molecule is O=C(Cc1n[nH]c(=O)c2ccccc12)NC(c1ccc(F)cc1)C1CCCC1. The van der Waals surface area contributed by atoms with Gasteiger partial charge in [0, 0.05) is 5.39 Å². The van der Waals surface area contributed by atoms with E-state index >= 15 is 0 Å². The number of fused-ring (bicyclic) bond motifs is 1. The molecule has 144 valence electrons. The molecule has 0 bridgehead atoms. The van der Waals surface area contributed by atoms with Crippen LogP contribution in [0.5, 0.6) is 0 Å². The van der Waals surface area contributed by atoms with E-state index in [4.69, 9.17) is 0 Å². The number of nitrogens with zero attached hydrogens (tertiary/aromatic N) is 1. The van der Waals surface area contributed by atoms with Gasteiger partial charge in [-0.05, 0) is 42.5 Å². The number of amides is 1. The van der Waals surface area contributed by atoms with Gasteiger partial charge in [0.2, 0.25) is 5.91 Å². The van der Waals surface area contributed by atoms with Crippen molar-refractivity contribution in [3.63, 3.8) is 0 Å². The zero-order chi connectivity index (χ0) is 19.5.